The molecule has 0 fully saturated rings. The summed E-state index contributed by atoms with van der Waals surface area (Å²) in [4.78, 5) is 3.59. The lowest BCUT2D eigenvalue weighted by molar-refractivity contribution is 0.118. The lowest BCUT2D eigenvalue weighted by atomic mass is 10.1. The molecule has 0 aliphatic carbocycles. The number of aliphatic hydroxyl groups is 1. The highest BCUT2D eigenvalue weighted by atomic mass is 32.1. The molecule has 1 aromatic carbocycles. The minimum absolute atomic E-state index is 0.365. The first kappa shape index (κ1) is 17.8. The van der Waals surface area contributed by atoms with Gasteiger partial charge in [-0.25, -0.2) is 0 Å². The van der Waals surface area contributed by atoms with Gasteiger partial charge >= 0.3 is 0 Å². The van der Waals surface area contributed by atoms with Gasteiger partial charge < -0.3 is 14.6 Å². The van der Waals surface area contributed by atoms with Gasteiger partial charge in [-0.05, 0) is 48.6 Å². The minimum atomic E-state index is -0.365. The summed E-state index contributed by atoms with van der Waals surface area (Å²) in [6, 6.07) is 8.09. The maximum absolute atomic E-state index is 9.80. The molecule has 126 valence electrons. The molecule has 1 atom stereocenters. The zero-order valence-corrected chi connectivity index (χ0v) is 15.0. The Labute approximate surface area is 142 Å². The quantitative estimate of drug-likeness (QED) is 0.802. The highest BCUT2D eigenvalue weighted by molar-refractivity contribution is 7.10. The van der Waals surface area contributed by atoms with Crippen molar-refractivity contribution in [2.45, 2.75) is 33.0 Å². The van der Waals surface area contributed by atoms with Gasteiger partial charge in [0.2, 0.25) is 0 Å². The van der Waals surface area contributed by atoms with Crippen molar-refractivity contribution in [3.05, 3.63) is 45.6 Å². The van der Waals surface area contributed by atoms with E-state index in [-0.39, 0.29) is 6.10 Å². The van der Waals surface area contributed by atoms with Crippen LogP contribution in [0.25, 0.3) is 0 Å². The number of nitrogens with zero attached hydrogens (tertiary/aromatic N) is 1. The predicted molar refractivity (Wildman–Crippen MR) is 94.4 cm³/mol. The summed E-state index contributed by atoms with van der Waals surface area (Å²) in [6.45, 7) is 6.17. The molecule has 0 saturated heterocycles. The van der Waals surface area contributed by atoms with Crippen molar-refractivity contribution >= 4 is 11.3 Å². The van der Waals surface area contributed by atoms with Gasteiger partial charge in [-0.2, -0.15) is 0 Å². The van der Waals surface area contributed by atoms with E-state index in [1.165, 1.54) is 10.4 Å². The van der Waals surface area contributed by atoms with E-state index in [2.05, 4.69) is 23.3 Å². The zero-order chi connectivity index (χ0) is 16.8. The fourth-order valence-electron chi connectivity index (χ4n) is 2.57. The molecule has 0 aliphatic rings. The van der Waals surface area contributed by atoms with Crippen LogP contribution in [0.2, 0.25) is 0 Å². The Kier molecular flexibility index (Phi) is 6.45. The highest BCUT2D eigenvalue weighted by Crippen LogP contribution is 2.28. The lowest BCUT2D eigenvalue weighted by Crippen LogP contribution is -2.30. The van der Waals surface area contributed by atoms with Gasteiger partial charge in [0.15, 0.2) is 11.5 Å². The summed E-state index contributed by atoms with van der Waals surface area (Å²) in [5, 5.41) is 11.9. The predicted octanol–water partition coefficient (Wildman–Crippen LogP) is 3.46. The van der Waals surface area contributed by atoms with E-state index < -0.39 is 0 Å². The molecular formula is C18H25NO3S. The summed E-state index contributed by atoms with van der Waals surface area (Å²) in [5.74, 6) is 1.46. The Morgan fingerprint density at radius 1 is 1.13 bits per heavy atom. The summed E-state index contributed by atoms with van der Waals surface area (Å²) < 4.78 is 10.7. The largest absolute Gasteiger partial charge is 0.493 e. The highest BCUT2D eigenvalue weighted by Gasteiger charge is 2.13. The van der Waals surface area contributed by atoms with Gasteiger partial charge in [-0.15, -0.1) is 11.3 Å². The molecule has 0 saturated carbocycles. The Bertz CT molecular complexity index is 624. The Hall–Kier alpha value is -1.56. The normalized spacial score (nSPS) is 12.4. The second kappa shape index (κ2) is 8.34. The van der Waals surface area contributed by atoms with Gasteiger partial charge in [0.25, 0.3) is 0 Å². The molecule has 5 heteroatoms. The van der Waals surface area contributed by atoms with Crippen molar-refractivity contribution in [2.75, 3.05) is 20.8 Å². The third-order valence-electron chi connectivity index (χ3n) is 3.71. The summed E-state index contributed by atoms with van der Waals surface area (Å²) in [6.07, 6.45) is -0.365. The number of ether oxygens (including phenoxy) is 2. The zero-order valence-electron chi connectivity index (χ0n) is 14.2. The number of hydrogen-bond acceptors (Lipinski definition) is 5. The van der Waals surface area contributed by atoms with Crippen molar-refractivity contribution < 1.29 is 14.6 Å². The molecule has 0 unspecified atom stereocenters. The topological polar surface area (TPSA) is 41.9 Å². The fraction of sp³-hybridized carbons (Fsp3) is 0.444. The van der Waals surface area contributed by atoms with Crippen LogP contribution >= 0.6 is 11.3 Å². The van der Waals surface area contributed by atoms with E-state index in [0.29, 0.717) is 6.54 Å². The Morgan fingerprint density at radius 3 is 2.43 bits per heavy atom. The monoisotopic (exact) mass is 335 g/mol. The second-order valence-corrected chi connectivity index (χ2v) is 6.74. The molecule has 23 heavy (non-hydrogen) atoms. The van der Waals surface area contributed by atoms with Crippen LogP contribution in [-0.2, 0) is 13.1 Å². The van der Waals surface area contributed by atoms with Crippen molar-refractivity contribution in [3.63, 3.8) is 0 Å². The number of hydrogen-bond donors (Lipinski definition) is 1. The van der Waals surface area contributed by atoms with Crippen molar-refractivity contribution in [1.82, 2.24) is 4.90 Å². The first-order valence-electron chi connectivity index (χ1n) is 7.67. The molecule has 0 bridgehead atoms. The molecule has 0 amide bonds. The molecule has 1 aromatic heterocycles. The number of rotatable bonds is 8. The first-order valence-corrected chi connectivity index (χ1v) is 8.55. The van der Waals surface area contributed by atoms with E-state index in [1.54, 1.807) is 25.6 Å². The molecule has 4 nitrogen and oxygen atoms in total. The van der Waals surface area contributed by atoms with Gasteiger partial charge in [0, 0.05) is 24.5 Å². The van der Waals surface area contributed by atoms with Gasteiger partial charge in [0.05, 0.1) is 20.3 Å². The van der Waals surface area contributed by atoms with Crippen LogP contribution in [0.1, 0.15) is 22.9 Å². The van der Waals surface area contributed by atoms with E-state index in [9.17, 15) is 5.11 Å². The van der Waals surface area contributed by atoms with E-state index in [4.69, 9.17) is 9.47 Å². The summed E-state index contributed by atoms with van der Waals surface area (Å²) >= 11 is 1.76. The van der Waals surface area contributed by atoms with Crippen LogP contribution in [0.15, 0.2) is 29.6 Å². The third kappa shape index (κ3) is 4.96. The average molecular weight is 335 g/mol. The van der Waals surface area contributed by atoms with Crippen molar-refractivity contribution in [1.29, 1.82) is 0 Å². The standard InChI is InChI=1S/C18H25NO3S/c1-13-7-8-23-18(13)12-19(10-14(2)20)11-15-5-6-16(21-3)17(9-15)22-4/h5-9,14,20H,10-12H2,1-4H3/t14-/m1/s1. The lowest BCUT2D eigenvalue weighted by Gasteiger charge is -2.24. The number of methoxy groups -OCH3 is 2. The van der Waals surface area contributed by atoms with Crippen LogP contribution in [0.3, 0.4) is 0 Å². The van der Waals surface area contributed by atoms with E-state index in [0.717, 1.165) is 30.2 Å². The van der Waals surface area contributed by atoms with Gasteiger partial charge in [-0.3, -0.25) is 4.90 Å². The third-order valence-corrected chi connectivity index (χ3v) is 4.72. The molecule has 0 aliphatic heterocycles. The fourth-order valence-corrected chi connectivity index (χ4v) is 3.51. The molecular weight excluding hydrogens is 310 g/mol. The van der Waals surface area contributed by atoms with Gasteiger partial charge in [-0.1, -0.05) is 6.07 Å². The molecule has 1 N–H and O–H groups in total. The summed E-state index contributed by atoms with van der Waals surface area (Å²) in [7, 11) is 3.28. The number of thiophene rings is 1. The Morgan fingerprint density at radius 2 is 1.87 bits per heavy atom. The van der Waals surface area contributed by atoms with Crippen LogP contribution in [0.5, 0.6) is 11.5 Å². The van der Waals surface area contributed by atoms with Crippen molar-refractivity contribution in [3.8, 4) is 11.5 Å². The van der Waals surface area contributed by atoms with Crippen molar-refractivity contribution in [2.24, 2.45) is 0 Å². The van der Waals surface area contributed by atoms with E-state index >= 15 is 0 Å². The second-order valence-electron chi connectivity index (χ2n) is 5.73. The van der Waals surface area contributed by atoms with Gasteiger partial charge in [0.1, 0.15) is 0 Å². The molecule has 0 spiro atoms. The number of benzene rings is 1. The molecule has 2 rings (SSSR count). The summed E-state index contributed by atoms with van der Waals surface area (Å²) in [5.41, 5.74) is 2.44. The first-order chi connectivity index (χ1) is 11.0. The van der Waals surface area contributed by atoms with E-state index in [1.807, 2.05) is 25.1 Å². The molecule has 1 heterocycles. The Balaban J connectivity index is 2.15. The van der Waals surface area contributed by atoms with Crippen LogP contribution in [0.4, 0.5) is 0 Å². The van der Waals surface area contributed by atoms with Crippen LogP contribution in [-0.4, -0.2) is 36.9 Å². The maximum Gasteiger partial charge on any atom is 0.161 e. The minimum Gasteiger partial charge on any atom is -0.493 e. The van der Waals surface area contributed by atoms with Crippen LogP contribution < -0.4 is 9.47 Å². The maximum atomic E-state index is 9.80. The average Bonchev–Trinajstić information content (AvgIpc) is 2.91. The number of aryl methyl sites for hydroxylation is 1. The molecule has 0 radical (unpaired) electrons. The van der Waals surface area contributed by atoms with Crippen LogP contribution in [0, 0.1) is 6.92 Å². The SMILES string of the molecule is COc1ccc(CN(Cc2sccc2C)C[C@@H](C)O)cc1OC. The number of aliphatic hydroxyl groups excluding tert-OH is 1. The smallest absolute Gasteiger partial charge is 0.161 e. The molecule has 2 aromatic rings.